The topological polar surface area (TPSA) is 102 Å². The first-order chi connectivity index (χ1) is 22.8. The van der Waals surface area contributed by atoms with Gasteiger partial charge in [0.1, 0.15) is 23.9 Å². The van der Waals surface area contributed by atoms with Gasteiger partial charge < -0.3 is 24.3 Å². The Morgan fingerprint density at radius 2 is 1.77 bits per heavy atom. The number of fused-ring (bicyclic) bond motifs is 1. The number of carbonyl (C=O) groups is 1. The van der Waals surface area contributed by atoms with Crippen molar-refractivity contribution in [2.24, 2.45) is 0 Å². The summed E-state index contributed by atoms with van der Waals surface area (Å²) in [7, 11) is 3.15. The van der Waals surface area contributed by atoms with E-state index in [0.717, 1.165) is 77.8 Å². The van der Waals surface area contributed by atoms with Crippen molar-refractivity contribution in [1.82, 2.24) is 14.9 Å². The van der Waals surface area contributed by atoms with E-state index >= 15 is 0 Å². The maximum Gasteiger partial charge on any atom is 0.335 e. The van der Waals surface area contributed by atoms with Crippen molar-refractivity contribution in [1.29, 1.82) is 0 Å². The fraction of sp³-hybridized carbons (Fsp3) is 0.361. The van der Waals surface area contributed by atoms with Gasteiger partial charge in [-0.3, -0.25) is 9.80 Å². The van der Waals surface area contributed by atoms with E-state index in [2.05, 4.69) is 27.3 Å². The Hall–Kier alpha value is -5.05. The second-order valence-electron chi connectivity index (χ2n) is 11.7. The number of methoxy groups -OCH3 is 2. The van der Waals surface area contributed by atoms with E-state index in [9.17, 15) is 4.79 Å². The Morgan fingerprint density at radius 3 is 2.47 bits per heavy atom. The van der Waals surface area contributed by atoms with Crippen LogP contribution in [0.15, 0.2) is 42.6 Å². The van der Waals surface area contributed by atoms with Crippen molar-refractivity contribution >= 4 is 34.9 Å². The number of aryl methyl sites for hydroxylation is 3. The van der Waals surface area contributed by atoms with Crippen molar-refractivity contribution in [3.05, 3.63) is 82.5 Å². The number of morpholine rings is 1. The Kier molecular flexibility index (Phi) is 9.33. The first-order valence-electron chi connectivity index (χ1n) is 15.7. The fourth-order valence-corrected chi connectivity index (χ4v) is 6.15. The summed E-state index contributed by atoms with van der Waals surface area (Å²) < 4.78 is 22.8. The molecule has 6 rings (SSSR count). The molecule has 1 fully saturated rings. The van der Waals surface area contributed by atoms with Gasteiger partial charge in [0, 0.05) is 48.7 Å². The van der Waals surface area contributed by atoms with Gasteiger partial charge in [-0.15, -0.1) is 0 Å². The SMILES string of the molecule is COc1ccc(N2C(=O)N(c3c(C)c#ccc3C)Cc3cnc(Nc4cc(C)c(OCCN5CCOCC5)c(C)c4)nc32)c(OC)c1. The number of hydrogen-bond donors (Lipinski definition) is 1. The smallest absolute Gasteiger partial charge is 0.335 e. The minimum absolute atomic E-state index is 0.276. The van der Waals surface area contributed by atoms with E-state index in [4.69, 9.17) is 23.9 Å². The molecule has 0 unspecified atom stereocenters. The van der Waals surface area contributed by atoms with Crippen LogP contribution in [0.25, 0.3) is 0 Å². The van der Waals surface area contributed by atoms with Crippen molar-refractivity contribution in [2.45, 2.75) is 34.2 Å². The zero-order valence-corrected chi connectivity index (χ0v) is 27.8. The largest absolute Gasteiger partial charge is 0.497 e. The molecule has 2 aliphatic heterocycles. The number of benzene rings is 2. The molecule has 47 heavy (non-hydrogen) atoms. The molecule has 0 saturated carbocycles. The van der Waals surface area contributed by atoms with Gasteiger partial charge in [0.05, 0.1) is 45.4 Å². The van der Waals surface area contributed by atoms with Crippen molar-refractivity contribution in [2.75, 3.05) is 68.8 Å². The minimum Gasteiger partial charge on any atom is -0.497 e. The average molecular weight is 637 g/mol. The normalized spacial score (nSPS) is 14.8. The number of rotatable bonds is 10. The lowest BCUT2D eigenvalue weighted by Crippen LogP contribution is -2.46. The number of amides is 2. The van der Waals surface area contributed by atoms with Crippen LogP contribution in [-0.4, -0.2) is 74.6 Å². The third-order valence-electron chi connectivity index (χ3n) is 8.45. The van der Waals surface area contributed by atoms with Gasteiger partial charge in [0.25, 0.3) is 0 Å². The number of anilines is 5. The third kappa shape index (κ3) is 6.61. The van der Waals surface area contributed by atoms with Crippen LogP contribution in [0.2, 0.25) is 0 Å². The molecule has 2 amide bonds. The summed E-state index contributed by atoms with van der Waals surface area (Å²) in [6, 6.07) is 17.1. The molecule has 1 aromatic heterocycles. The van der Waals surface area contributed by atoms with E-state index in [1.807, 2.05) is 45.9 Å². The molecule has 0 bridgehead atoms. The van der Waals surface area contributed by atoms with Crippen LogP contribution in [0.3, 0.4) is 0 Å². The molecule has 244 valence electrons. The Labute approximate surface area is 276 Å². The molecule has 0 radical (unpaired) electrons. The Morgan fingerprint density at radius 1 is 1.00 bits per heavy atom. The Balaban J connectivity index is 1.31. The summed E-state index contributed by atoms with van der Waals surface area (Å²) in [4.78, 5) is 29.7. The van der Waals surface area contributed by atoms with E-state index < -0.39 is 0 Å². The lowest BCUT2D eigenvalue weighted by atomic mass is 10.1. The number of nitrogens with zero attached hydrogens (tertiary/aromatic N) is 5. The number of nitrogens with one attached hydrogen (secondary N) is 1. The first kappa shape index (κ1) is 31.9. The molecule has 0 atom stereocenters. The molecule has 1 N–H and O–H groups in total. The molecule has 11 heteroatoms. The quantitative estimate of drug-likeness (QED) is 0.223. The average Bonchev–Trinajstić information content (AvgIpc) is 3.06. The van der Waals surface area contributed by atoms with Crippen LogP contribution in [0.4, 0.5) is 33.6 Å². The van der Waals surface area contributed by atoms with Gasteiger partial charge in [0.2, 0.25) is 5.95 Å². The van der Waals surface area contributed by atoms with Gasteiger partial charge in [-0.05, 0) is 74.7 Å². The Bertz CT molecular complexity index is 1730. The highest BCUT2D eigenvalue weighted by Crippen LogP contribution is 2.42. The fourth-order valence-electron chi connectivity index (χ4n) is 6.15. The molecule has 2 aliphatic rings. The number of hydrogen-bond acceptors (Lipinski definition) is 9. The molecule has 3 aromatic carbocycles. The van der Waals surface area contributed by atoms with Crippen molar-refractivity contribution < 1.29 is 23.7 Å². The summed E-state index contributed by atoms with van der Waals surface area (Å²) in [5.41, 5.74) is 6.64. The van der Waals surface area contributed by atoms with Gasteiger partial charge in [0.15, 0.2) is 5.82 Å². The van der Waals surface area contributed by atoms with Crippen LogP contribution >= 0.6 is 0 Å². The predicted octanol–water partition coefficient (Wildman–Crippen LogP) is 6.06. The van der Waals surface area contributed by atoms with Crippen molar-refractivity contribution in [3.63, 3.8) is 0 Å². The first-order valence-corrected chi connectivity index (χ1v) is 15.7. The molecule has 3 heterocycles. The summed E-state index contributed by atoms with van der Waals surface area (Å²) in [6.45, 7) is 13.1. The molecular weight excluding hydrogens is 596 g/mol. The van der Waals surface area contributed by atoms with Gasteiger partial charge in [-0.1, -0.05) is 12.1 Å². The van der Waals surface area contributed by atoms with Crippen LogP contribution in [-0.2, 0) is 11.3 Å². The number of ether oxygens (including phenoxy) is 4. The van der Waals surface area contributed by atoms with Crippen LogP contribution < -0.4 is 29.3 Å². The zero-order chi connectivity index (χ0) is 33.1. The highest BCUT2D eigenvalue weighted by molar-refractivity contribution is 6.11. The van der Waals surface area contributed by atoms with Gasteiger partial charge in [-0.25, -0.2) is 14.7 Å². The van der Waals surface area contributed by atoms with E-state index in [-0.39, 0.29) is 12.6 Å². The minimum atomic E-state index is -0.276. The summed E-state index contributed by atoms with van der Waals surface area (Å²) in [6.07, 6.45) is 1.76. The van der Waals surface area contributed by atoms with E-state index in [0.29, 0.717) is 35.6 Å². The number of aromatic nitrogens is 2. The van der Waals surface area contributed by atoms with E-state index in [1.165, 1.54) is 0 Å². The predicted molar refractivity (Wildman–Crippen MR) is 181 cm³/mol. The number of carbonyl (C=O) groups excluding carboxylic acids is 1. The molecule has 0 aliphatic carbocycles. The van der Waals surface area contributed by atoms with Crippen LogP contribution in [0, 0.1) is 39.8 Å². The van der Waals surface area contributed by atoms with Gasteiger partial charge >= 0.3 is 6.03 Å². The van der Waals surface area contributed by atoms with Crippen molar-refractivity contribution in [3.8, 4) is 17.2 Å². The lowest BCUT2D eigenvalue weighted by molar-refractivity contribution is 0.0322. The number of urea groups is 1. The van der Waals surface area contributed by atoms with Crippen LogP contribution in [0.1, 0.15) is 27.8 Å². The van der Waals surface area contributed by atoms with Gasteiger partial charge in [-0.2, -0.15) is 4.98 Å². The zero-order valence-electron chi connectivity index (χ0n) is 27.8. The summed E-state index contributed by atoms with van der Waals surface area (Å²) >= 11 is 0. The second kappa shape index (κ2) is 13.7. The van der Waals surface area contributed by atoms with Crippen LogP contribution in [0.5, 0.6) is 17.2 Å². The standard InChI is InChI=1S/C36H40N6O5/c1-23-8-7-9-24(2)32(23)41-22-27-21-37-35(39-34(27)42(36(41)43)30-11-10-29(44-5)20-31(30)45-6)38-28-18-25(3)33(26(4)19-28)47-17-14-40-12-15-46-16-13-40/h8,10-11,18-21H,12-17,22H2,1-6H3,(H,37,38,39). The maximum atomic E-state index is 14.4. The van der Waals surface area contributed by atoms with E-state index in [1.54, 1.807) is 48.4 Å². The monoisotopic (exact) mass is 636 g/mol. The molecule has 1 saturated heterocycles. The third-order valence-corrected chi connectivity index (χ3v) is 8.45. The molecule has 11 nitrogen and oxygen atoms in total. The maximum absolute atomic E-state index is 14.4. The highest BCUT2D eigenvalue weighted by atomic mass is 16.5. The summed E-state index contributed by atoms with van der Waals surface area (Å²) in [5, 5.41) is 3.35. The highest BCUT2D eigenvalue weighted by Gasteiger charge is 2.37. The second-order valence-corrected chi connectivity index (χ2v) is 11.7. The molecule has 0 spiro atoms. The summed E-state index contributed by atoms with van der Waals surface area (Å²) in [5.74, 6) is 2.77. The molecular formula is C36H40N6O5. The lowest BCUT2D eigenvalue weighted by Gasteiger charge is -2.37. The molecule has 4 aromatic rings.